The predicted octanol–water partition coefficient (Wildman–Crippen LogP) is 6.04. The number of carbonyl (C=O) groups is 4. The van der Waals surface area contributed by atoms with Gasteiger partial charge < -0.3 is 9.64 Å². The molecule has 1 aliphatic carbocycles. The number of carbonyl (C=O) groups excluding carboxylic acids is 4. The average molecular weight is 850 g/mol. The summed E-state index contributed by atoms with van der Waals surface area (Å²) >= 11 is 5.73. The number of pyridine rings is 1. The van der Waals surface area contributed by atoms with Gasteiger partial charge in [0, 0.05) is 56.6 Å². The summed E-state index contributed by atoms with van der Waals surface area (Å²) in [7, 11) is 1.79. The molecule has 18 heteroatoms. The van der Waals surface area contributed by atoms with Crippen LogP contribution in [0.3, 0.4) is 0 Å². The molecular formula is C42H50F3N9O5S. The van der Waals surface area contributed by atoms with Crippen molar-refractivity contribution in [2.45, 2.75) is 121 Å². The minimum absolute atomic E-state index is 0.0399. The first kappa shape index (κ1) is 43.1. The molecule has 3 saturated heterocycles. The van der Waals surface area contributed by atoms with Gasteiger partial charge in [0.2, 0.25) is 5.91 Å². The number of piperidine rings is 1. The van der Waals surface area contributed by atoms with Gasteiger partial charge in [0.15, 0.2) is 22.4 Å². The second kappa shape index (κ2) is 16.8. The number of nitrogens with zero attached hydrogens (tertiary/aromatic N) is 8. The number of ketones is 1. The zero-order valence-corrected chi connectivity index (χ0v) is 35.2. The molecule has 3 atom stereocenters. The number of Topliss-reactive ketones (excluding diaryl/α,β-unsaturated/α-hetero) is 1. The molecule has 1 N–H and O–H groups in total. The number of imide groups is 1. The molecule has 320 valence electrons. The van der Waals surface area contributed by atoms with Crippen molar-refractivity contribution in [2.75, 3.05) is 29.5 Å². The fraction of sp³-hybridized carbons (Fsp3) is 0.571. The van der Waals surface area contributed by atoms with E-state index in [-0.39, 0.29) is 66.1 Å². The van der Waals surface area contributed by atoms with Gasteiger partial charge >= 0.3 is 12.2 Å². The van der Waals surface area contributed by atoms with Crippen LogP contribution in [-0.2, 0) is 38.8 Å². The standard InChI is InChI=1S/C42H50F3N9O5S/c1-24-17-26(18-25(2)52(24)23-30(55)19-27-7-6-8-32-36(27)50(5)49-37(32)51-15-13-35(56)48-39(51)58)14-16-59-31-11-9-28(10-12-31)54-40(60)53(38(57)41(54,3)4)29-20-33(42(43,44)45)34(21-46)47-22-29/h6-8,20,22,24-26,28,31H,9-19,23H2,1-5H3,(H,48,56,58)/t24-,25+,26?,28?,31?. The number of para-hydroxylation sites is 1. The van der Waals surface area contributed by atoms with Crippen molar-refractivity contribution in [3.63, 3.8) is 0 Å². The summed E-state index contributed by atoms with van der Waals surface area (Å²) in [5.41, 5.74) is -1.58. The van der Waals surface area contributed by atoms with Crippen LogP contribution in [0, 0.1) is 17.2 Å². The van der Waals surface area contributed by atoms with E-state index in [2.05, 4.69) is 34.1 Å². The number of urea groups is 1. The van der Waals surface area contributed by atoms with Gasteiger partial charge in [-0.1, -0.05) is 12.1 Å². The highest BCUT2D eigenvalue weighted by molar-refractivity contribution is 7.80. The predicted molar refractivity (Wildman–Crippen MR) is 220 cm³/mol. The lowest BCUT2D eigenvalue weighted by Crippen LogP contribution is -2.51. The lowest BCUT2D eigenvalue weighted by atomic mass is 9.84. The third-order valence-corrected chi connectivity index (χ3v) is 13.0. The molecule has 5 heterocycles. The maximum atomic E-state index is 13.7. The second-order valence-corrected chi connectivity index (χ2v) is 17.4. The molecule has 3 aromatic rings. The Labute approximate surface area is 352 Å². The van der Waals surface area contributed by atoms with Crippen molar-refractivity contribution < 1.29 is 37.1 Å². The Hall–Kier alpha value is -4.99. The summed E-state index contributed by atoms with van der Waals surface area (Å²) in [6, 6.07) is 7.69. The minimum Gasteiger partial charge on any atom is -0.378 e. The topological polar surface area (TPSA) is 157 Å². The molecule has 14 nitrogen and oxygen atoms in total. The number of hydrogen-bond acceptors (Lipinski definition) is 10. The summed E-state index contributed by atoms with van der Waals surface area (Å²) in [6.07, 6.45) is 2.40. The van der Waals surface area contributed by atoms with E-state index in [1.54, 1.807) is 25.6 Å². The fourth-order valence-electron chi connectivity index (χ4n) is 9.70. The molecule has 0 spiro atoms. The summed E-state index contributed by atoms with van der Waals surface area (Å²) in [4.78, 5) is 61.9. The first-order valence-electron chi connectivity index (χ1n) is 20.5. The number of alkyl halides is 3. The summed E-state index contributed by atoms with van der Waals surface area (Å²) in [5.74, 6) is 0.232. The molecule has 4 aliphatic rings. The molecule has 0 bridgehead atoms. The van der Waals surface area contributed by atoms with Crippen LogP contribution in [0.15, 0.2) is 30.5 Å². The van der Waals surface area contributed by atoms with Crippen molar-refractivity contribution >= 4 is 63.4 Å². The van der Waals surface area contributed by atoms with Gasteiger partial charge in [0.05, 0.1) is 35.6 Å². The highest BCUT2D eigenvalue weighted by Gasteiger charge is 2.53. The third-order valence-electron chi connectivity index (χ3n) is 12.6. The van der Waals surface area contributed by atoms with E-state index in [9.17, 15) is 37.6 Å². The molecule has 2 aromatic heterocycles. The first-order valence-corrected chi connectivity index (χ1v) is 20.9. The van der Waals surface area contributed by atoms with E-state index < -0.39 is 34.9 Å². The van der Waals surface area contributed by atoms with Crippen molar-refractivity contribution in [1.82, 2.24) is 29.9 Å². The largest absolute Gasteiger partial charge is 0.419 e. The Morgan fingerprint density at radius 1 is 1.10 bits per heavy atom. The lowest BCUT2D eigenvalue weighted by Gasteiger charge is -2.43. The van der Waals surface area contributed by atoms with Crippen LogP contribution in [-0.4, -0.2) is 103 Å². The van der Waals surface area contributed by atoms with Crippen molar-refractivity contribution in [2.24, 2.45) is 13.0 Å². The van der Waals surface area contributed by atoms with E-state index in [1.807, 2.05) is 23.1 Å². The van der Waals surface area contributed by atoms with Crippen LogP contribution < -0.4 is 15.1 Å². The number of amides is 4. The molecule has 1 saturated carbocycles. The normalized spacial score (nSPS) is 25.2. The van der Waals surface area contributed by atoms with Gasteiger partial charge in [-0.2, -0.15) is 23.5 Å². The highest BCUT2D eigenvalue weighted by Crippen LogP contribution is 2.41. The Kier molecular flexibility index (Phi) is 12.1. The number of nitriles is 1. The smallest absolute Gasteiger partial charge is 0.378 e. The number of aromatic nitrogens is 3. The zero-order valence-electron chi connectivity index (χ0n) is 34.4. The third kappa shape index (κ3) is 8.35. The van der Waals surface area contributed by atoms with Crippen LogP contribution in [0.25, 0.3) is 10.9 Å². The number of nitrogens with one attached hydrogen (secondary N) is 1. The van der Waals surface area contributed by atoms with Crippen LogP contribution in [0.4, 0.5) is 29.5 Å². The van der Waals surface area contributed by atoms with Crippen molar-refractivity contribution in [3.05, 3.63) is 47.3 Å². The summed E-state index contributed by atoms with van der Waals surface area (Å²) in [5, 5.41) is 17.0. The molecular weight excluding hydrogens is 800 g/mol. The molecule has 60 heavy (non-hydrogen) atoms. The lowest BCUT2D eigenvalue weighted by molar-refractivity contribution is -0.138. The molecule has 0 radical (unpaired) electrons. The summed E-state index contributed by atoms with van der Waals surface area (Å²) in [6.45, 7) is 8.95. The highest BCUT2D eigenvalue weighted by atomic mass is 32.1. The fourth-order valence-corrected chi connectivity index (χ4v) is 10.3. The number of anilines is 2. The molecule has 4 amide bonds. The number of fused-ring (bicyclic) bond motifs is 1. The van der Waals surface area contributed by atoms with Gasteiger partial charge in [-0.3, -0.25) is 39.1 Å². The van der Waals surface area contributed by atoms with Crippen molar-refractivity contribution in [1.29, 1.82) is 5.26 Å². The Balaban J connectivity index is 0.884. The van der Waals surface area contributed by atoms with Gasteiger partial charge in [-0.25, -0.2) is 9.78 Å². The molecule has 1 unspecified atom stereocenters. The zero-order chi connectivity index (χ0) is 43.3. The molecule has 1 aromatic carbocycles. The van der Waals surface area contributed by atoms with Gasteiger partial charge in [-0.15, -0.1) is 0 Å². The number of ether oxygens (including phenoxy) is 1. The first-order chi connectivity index (χ1) is 28.4. The van der Waals surface area contributed by atoms with E-state index >= 15 is 0 Å². The van der Waals surface area contributed by atoms with Gasteiger partial charge in [0.25, 0.3) is 5.91 Å². The quantitative estimate of drug-likeness (QED) is 0.225. The Bertz CT molecular complexity index is 2240. The number of likely N-dealkylation sites (tertiary alicyclic amines) is 1. The molecule has 7 rings (SSSR count). The maximum absolute atomic E-state index is 13.7. The number of benzene rings is 1. The number of aryl methyl sites for hydroxylation is 1. The van der Waals surface area contributed by atoms with E-state index in [0.29, 0.717) is 37.7 Å². The number of hydrogen-bond donors (Lipinski definition) is 1. The van der Waals surface area contributed by atoms with Crippen LogP contribution in [0.5, 0.6) is 0 Å². The van der Waals surface area contributed by atoms with E-state index in [1.165, 1.54) is 11.0 Å². The van der Waals surface area contributed by atoms with E-state index in [0.717, 1.165) is 65.7 Å². The summed E-state index contributed by atoms with van der Waals surface area (Å²) < 4.78 is 49.3. The maximum Gasteiger partial charge on any atom is 0.419 e. The average Bonchev–Trinajstić information content (AvgIpc) is 3.61. The van der Waals surface area contributed by atoms with Gasteiger partial charge in [-0.05, 0) is 108 Å². The SMILES string of the molecule is C[C@@H]1CC(CCOC2CCC(N3C(=S)N(c4cnc(C#N)c(C(F)(F)F)c4)C(=O)C3(C)C)CC2)C[C@H](C)N1CC(=O)Cc1cccc2c(N3CCC(=O)NC3=O)nn(C)c12. The van der Waals surface area contributed by atoms with Crippen LogP contribution in [0.2, 0.25) is 0 Å². The van der Waals surface area contributed by atoms with Crippen molar-refractivity contribution in [3.8, 4) is 6.07 Å². The number of rotatable bonds is 11. The minimum atomic E-state index is -4.83. The number of halogens is 3. The van der Waals surface area contributed by atoms with Crippen LogP contribution in [0.1, 0.15) is 95.9 Å². The van der Waals surface area contributed by atoms with Gasteiger partial charge in [0.1, 0.15) is 11.6 Å². The monoisotopic (exact) mass is 849 g/mol. The molecule has 4 fully saturated rings. The van der Waals surface area contributed by atoms with E-state index in [4.69, 9.17) is 17.0 Å². The Morgan fingerprint density at radius 3 is 2.45 bits per heavy atom. The van der Waals surface area contributed by atoms with Crippen LogP contribution >= 0.6 is 12.2 Å². The number of thiocarbonyl (C=S) groups is 1. The second-order valence-electron chi connectivity index (χ2n) is 17.1. The Morgan fingerprint density at radius 2 is 1.80 bits per heavy atom. The molecule has 3 aliphatic heterocycles.